The summed E-state index contributed by atoms with van der Waals surface area (Å²) in [6.45, 7) is 4.55. The van der Waals surface area contributed by atoms with Gasteiger partial charge in [-0.15, -0.1) is 0 Å². The number of nitrogens with zero attached hydrogens (tertiary/aromatic N) is 3. The van der Waals surface area contributed by atoms with Crippen molar-refractivity contribution in [3.63, 3.8) is 0 Å². The van der Waals surface area contributed by atoms with Crippen molar-refractivity contribution in [2.45, 2.75) is 26.9 Å². The van der Waals surface area contributed by atoms with E-state index in [9.17, 15) is 19.8 Å². The Morgan fingerprint density at radius 1 is 1.06 bits per heavy atom. The van der Waals surface area contributed by atoms with Crippen LogP contribution in [0.5, 0.6) is 11.5 Å². The first-order chi connectivity index (χ1) is 15.0. The molecule has 32 heavy (non-hydrogen) atoms. The van der Waals surface area contributed by atoms with Crippen molar-refractivity contribution < 1.29 is 19.8 Å². The standard InChI is InChI=1S/C24H28ClN3O4/c1-14-15(2)23(21(30)11-20(14)29)24(32)28-12-16-17(13-28)19(9-8-18(16)25)27(5)22(31)7-6-10-26(3)4/h6-9,11,29-30H,10,12-13H2,1-5H3/b7-6+. The van der Waals surface area contributed by atoms with Crippen molar-refractivity contribution in [2.75, 3.05) is 32.6 Å². The van der Waals surface area contributed by atoms with Crippen LogP contribution in [0, 0.1) is 13.8 Å². The lowest BCUT2D eigenvalue weighted by Gasteiger charge is -2.21. The lowest BCUT2D eigenvalue weighted by molar-refractivity contribution is -0.113. The third kappa shape index (κ3) is 4.45. The smallest absolute Gasteiger partial charge is 0.258 e. The highest BCUT2D eigenvalue weighted by atomic mass is 35.5. The number of halogens is 1. The molecule has 0 spiro atoms. The van der Waals surface area contributed by atoms with Gasteiger partial charge in [0.05, 0.1) is 5.56 Å². The van der Waals surface area contributed by atoms with E-state index in [4.69, 9.17) is 11.6 Å². The predicted molar refractivity (Wildman–Crippen MR) is 125 cm³/mol. The van der Waals surface area contributed by atoms with Crippen LogP contribution in [0.15, 0.2) is 30.4 Å². The molecule has 8 heteroatoms. The second-order valence-corrected chi connectivity index (χ2v) is 8.69. The maximum Gasteiger partial charge on any atom is 0.258 e. The number of hydrogen-bond donors (Lipinski definition) is 2. The lowest BCUT2D eigenvalue weighted by atomic mass is 10.00. The predicted octanol–water partition coefficient (Wildman–Crippen LogP) is 3.60. The number of amides is 2. The third-order valence-electron chi connectivity index (χ3n) is 5.82. The Morgan fingerprint density at radius 3 is 2.38 bits per heavy atom. The van der Waals surface area contributed by atoms with Crippen molar-refractivity contribution >= 4 is 29.1 Å². The Bertz CT molecular complexity index is 1110. The molecule has 2 amide bonds. The summed E-state index contributed by atoms with van der Waals surface area (Å²) in [5.41, 5.74) is 3.48. The number of benzene rings is 2. The first-order valence-corrected chi connectivity index (χ1v) is 10.6. The van der Waals surface area contributed by atoms with E-state index in [0.717, 1.165) is 11.1 Å². The molecular weight excluding hydrogens is 430 g/mol. The molecule has 2 aromatic carbocycles. The van der Waals surface area contributed by atoms with Crippen LogP contribution >= 0.6 is 11.6 Å². The molecule has 0 radical (unpaired) electrons. The summed E-state index contributed by atoms with van der Waals surface area (Å²) in [7, 11) is 5.53. The van der Waals surface area contributed by atoms with E-state index in [2.05, 4.69) is 0 Å². The molecule has 0 saturated heterocycles. The highest BCUT2D eigenvalue weighted by Gasteiger charge is 2.32. The summed E-state index contributed by atoms with van der Waals surface area (Å²) in [6.07, 6.45) is 3.32. The van der Waals surface area contributed by atoms with Gasteiger partial charge < -0.3 is 24.9 Å². The van der Waals surface area contributed by atoms with Gasteiger partial charge in [-0.3, -0.25) is 9.59 Å². The summed E-state index contributed by atoms with van der Waals surface area (Å²) in [4.78, 5) is 31.0. The first kappa shape index (κ1) is 23.6. The Morgan fingerprint density at radius 2 is 1.72 bits per heavy atom. The zero-order valence-corrected chi connectivity index (χ0v) is 19.7. The maximum atomic E-state index is 13.3. The average molecular weight is 458 g/mol. The summed E-state index contributed by atoms with van der Waals surface area (Å²) >= 11 is 6.43. The molecule has 1 aliphatic rings. The second-order valence-electron chi connectivity index (χ2n) is 8.29. The van der Waals surface area contributed by atoms with E-state index >= 15 is 0 Å². The molecule has 170 valence electrons. The number of phenols is 2. The zero-order chi connectivity index (χ0) is 23.7. The molecule has 0 aromatic heterocycles. The van der Waals surface area contributed by atoms with Gasteiger partial charge in [-0.25, -0.2) is 0 Å². The minimum Gasteiger partial charge on any atom is -0.508 e. The van der Waals surface area contributed by atoms with Crippen LogP contribution in [0.2, 0.25) is 5.02 Å². The molecule has 0 atom stereocenters. The van der Waals surface area contributed by atoms with Crippen molar-refractivity contribution in [1.82, 2.24) is 9.80 Å². The summed E-state index contributed by atoms with van der Waals surface area (Å²) in [5.74, 6) is -0.866. The number of fused-ring (bicyclic) bond motifs is 1. The molecule has 1 heterocycles. The number of carbonyl (C=O) groups is 2. The van der Waals surface area contributed by atoms with E-state index in [1.807, 2.05) is 19.0 Å². The Kier molecular flexibility index (Phi) is 6.81. The number of anilines is 1. The Balaban J connectivity index is 1.91. The van der Waals surface area contributed by atoms with Crippen LogP contribution in [-0.4, -0.2) is 59.5 Å². The maximum absolute atomic E-state index is 13.3. The van der Waals surface area contributed by atoms with Crippen molar-refractivity contribution in [2.24, 2.45) is 0 Å². The molecule has 0 unspecified atom stereocenters. The number of rotatable bonds is 5. The second kappa shape index (κ2) is 9.22. The van der Waals surface area contributed by atoms with Gasteiger partial charge in [0.1, 0.15) is 11.5 Å². The van der Waals surface area contributed by atoms with Gasteiger partial charge in [0.2, 0.25) is 5.91 Å². The molecule has 0 bridgehead atoms. The van der Waals surface area contributed by atoms with Gasteiger partial charge in [-0.1, -0.05) is 17.7 Å². The number of likely N-dealkylation sites (N-methyl/N-ethyl adjacent to an activating group) is 2. The Hall–Kier alpha value is -3.03. The summed E-state index contributed by atoms with van der Waals surface area (Å²) in [5, 5.41) is 20.8. The van der Waals surface area contributed by atoms with E-state index in [-0.39, 0.29) is 42.0 Å². The number of carbonyl (C=O) groups excluding carboxylic acids is 2. The van der Waals surface area contributed by atoms with Gasteiger partial charge in [0, 0.05) is 55.1 Å². The topological polar surface area (TPSA) is 84.3 Å². The summed E-state index contributed by atoms with van der Waals surface area (Å²) in [6, 6.07) is 4.69. The fraction of sp³-hybridized carbons (Fsp3) is 0.333. The van der Waals surface area contributed by atoms with Gasteiger partial charge in [0.25, 0.3) is 5.91 Å². The van der Waals surface area contributed by atoms with Crippen molar-refractivity contribution in [3.05, 3.63) is 63.2 Å². The van der Waals surface area contributed by atoms with Crippen LogP contribution < -0.4 is 4.90 Å². The molecule has 2 N–H and O–H groups in total. The lowest BCUT2D eigenvalue weighted by Crippen LogP contribution is -2.28. The highest BCUT2D eigenvalue weighted by molar-refractivity contribution is 6.31. The fourth-order valence-electron chi connectivity index (χ4n) is 3.80. The monoisotopic (exact) mass is 457 g/mol. The zero-order valence-electron chi connectivity index (χ0n) is 18.9. The van der Waals surface area contributed by atoms with Crippen LogP contribution in [-0.2, 0) is 17.9 Å². The van der Waals surface area contributed by atoms with E-state index in [1.165, 1.54) is 12.1 Å². The molecule has 1 aliphatic heterocycles. The molecule has 7 nitrogen and oxygen atoms in total. The molecule has 0 aliphatic carbocycles. The Labute approximate surface area is 193 Å². The minimum atomic E-state index is -0.360. The molecule has 3 rings (SSSR count). The van der Waals surface area contributed by atoms with Gasteiger partial charge in [-0.05, 0) is 56.8 Å². The van der Waals surface area contributed by atoms with E-state index < -0.39 is 0 Å². The normalized spacial score (nSPS) is 13.2. The quantitative estimate of drug-likeness (QED) is 0.670. The minimum absolute atomic E-state index is 0.0611. The molecule has 0 saturated carbocycles. The van der Waals surface area contributed by atoms with Crippen LogP contribution in [0.1, 0.15) is 32.6 Å². The van der Waals surface area contributed by atoms with Gasteiger partial charge >= 0.3 is 0 Å². The number of aromatic hydroxyl groups is 2. The van der Waals surface area contributed by atoms with Crippen LogP contribution in [0.4, 0.5) is 5.69 Å². The number of hydrogen-bond acceptors (Lipinski definition) is 5. The van der Waals surface area contributed by atoms with Gasteiger partial charge in [-0.2, -0.15) is 0 Å². The van der Waals surface area contributed by atoms with E-state index in [1.54, 1.807) is 48.9 Å². The highest BCUT2D eigenvalue weighted by Crippen LogP contribution is 2.39. The van der Waals surface area contributed by atoms with Gasteiger partial charge in [0.15, 0.2) is 0 Å². The van der Waals surface area contributed by atoms with E-state index in [0.29, 0.717) is 28.4 Å². The third-order valence-corrected chi connectivity index (χ3v) is 6.18. The largest absolute Gasteiger partial charge is 0.508 e. The van der Waals surface area contributed by atoms with Crippen molar-refractivity contribution in [3.8, 4) is 11.5 Å². The van der Waals surface area contributed by atoms with Crippen molar-refractivity contribution in [1.29, 1.82) is 0 Å². The fourth-order valence-corrected chi connectivity index (χ4v) is 4.04. The number of phenolic OH excluding ortho intramolecular Hbond substituents is 2. The summed E-state index contributed by atoms with van der Waals surface area (Å²) < 4.78 is 0. The molecular formula is C24H28ClN3O4. The molecule has 0 fully saturated rings. The SMILES string of the molecule is Cc1c(O)cc(O)c(C(=O)N2Cc3c(Cl)ccc(N(C)C(=O)/C=C/CN(C)C)c3C2)c1C. The average Bonchev–Trinajstić information content (AvgIpc) is 3.18. The van der Waals surface area contributed by atoms with Crippen LogP contribution in [0.25, 0.3) is 0 Å². The molecule has 2 aromatic rings. The first-order valence-electron chi connectivity index (χ1n) is 10.2. The van der Waals surface area contributed by atoms with Crippen LogP contribution in [0.3, 0.4) is 0 Å².